The van der Waals surface area contributed by atoms with E-state index in [4.69, 9.17) is 0 Å². The number of aromatic nitrogens is 3. The molecule has 3 aromatic rings. The van der Waals surface area contributed by atoms with Crippen LogP contribution in [-0.4, -0.2) is 40.0 Å². The lowest BCUT2D eigenvalue weighted by molar-refractivity contribution is -0.0448. The van der Waals surface area contributed by atoms with Crippen LogP contribution in [0.5, 0.6) is 0 Å². The fraction of sp³-hybridized carbons (Fsp3) is 0.476. The van der Waals surface area contributed by atoms with Crippen LogP contribution in [0, 0.1) is 5.92 Å². The number of hydrogen-bond donors (Lipinski definition) is 2. The molecule has 1 aromatic carbocycles. The Hall–Kier alpha value is -2.75. The van der Waals surface area contributed by atoms with Gasteiger partial charge >= 0.3 is 5.69 Å². The maximum Gasteiger partial charge on any atom is 0.326 e. The Morgan fingerprint density at radius 2 is 2.13 bits per heavy atom. The van der Waals surface area contributed by atoms with E-state index >= 15 is 0 Å². The number of rotatable bonds is 6. The molecule has 31 heavy (non-hydrogen) atoms. The van der Waals surface area contributed by atoms with Crippen LogP contribution in [0.1, 0.15) is 40.9 Å². The molecule has 1 aliphatic carbocycles. The van der Waals surface area contributed by atoms with E-state index in [0.717, 1.165) is 15.5 Å². The lowest BCUT2D eigenvalue weighted by Gasteiger charge is -2.30. The summed E-state index contributed by atoms with van der Waals surface area (Å²) in [7, 11) is 3.59. The van der Waals surface area contributed by atoms with E-state index in [9.17, 15) is 18.4 Å². The number of imidazole rings is 1. The van der Waals surface area contributed by atoms with Crippen LogP contribution in [0.3, 0.4) is 0 Å². The topological polar surface area (TPSA) is 83.0 Å². The number of amides is 1. The number of nitrogens with one attached hydrogen (secondary N) is 2. The number of fused-ring (bicyclic) bond motifs is 1. The number of nitrogens with zero attached hydrogens (tertiary/aromatic N) is 3. The molecule has 0 spiro atoms. The zero-order chi connectivity index (χ0) is 22.2. The highest BCUT2D eigenvalue weighted by molar-refractivity contribution is 7.15. The van der Waals surface area contributed by atoms with Gasteiger partial charge in [-0.25, -0.2) is 18.6 Å². The smallest absolute Gasteiger partial charge is 0.326 e. The minimum atomic E-state index is -2.51. The van der Waals surface area contributed by atoms with Gasteiger partial charge in [-0.3, -0.25) is 9.36 Å². The highest BCUT2D eigenvalue weighted by atomic mass is 32.1. The lowest BCUT2D eigenvalue weighted by atomic mass is 9.86. The molecule has 0 unspecified atom stereocenters. The molecule has 0 radical (unpaired) electrons. The Morgan fingerprint density at radius 3 is 2.87 bits per heavy atom. The highest BCUT2D eigenvalue weighted by Gasteiger charge is 2.35. The van der Waals surface area contributed by atoms with Gasteiger partial charge in [0.15, 0.2) is 5.13 Å². The van der Waals surface area contributed by atoms with E-state index in [1.807, 2.05) is 11.9 Å². The third kappa shape index (κ3) is 4.79. The maximum absolute atomic E-state index is 13.3. The van der Waals surface area contributed by atoms with E-state index in [1.165, 1.54) is 15.9 Å². The molecule has 1 aliphatic rings. The fourth-order valence-electron chi connectivity index (χ4n) is 3.95. The Kier molecular flexibility index (Phi) is 5.83. The highest BCUT2D eigenvalue weighted by Crippen LogP contribution is 2.37. The number of carbonyl (C=O) groups is 1. The number of alkyl halides is 2. The van der Waals surface area contributed by atoms with Gasteiger partial charge in [0.25, 0.3) is 5.91 Å². The van der Waals surface area contributed by atoms with Crippen molar-refractivity contribution in [2.75, 3.05) is 18.5 Å². The quantitative estimate of drug-likeness (QED) is 0.603. The first kappa shape index (κ1) is 21.5. The van der Waals surface area contributed by atoms with Crippen molar-refractivity contribution in [3.63, 3.8) is 0 Å². The molecule has 1 fully saturated rings. The zero-order valence-electron chi connectivity index (χ0n) is 17.5. The van der Waals surface area contributed by atoms with Gasteiger partial charge < -0.3 is 15.2 Å². The van der Waals surface area contributed by atoms with E-state index < -0.39 is 5.92 Å². The summed E-state index contributed by atoms with van der Waals surface area (Å²) in [6.07, 6.45) is 2.71. The molecule has 1 amide bonds. The first-order valence-corrected chi connectivity index (χ1v) is 11.0. The Balaban J connectivity index is 1.32. The van der Waals surface area contributed by atoms with Crippen LogP contribution in [0.25, 0.3) is 11.0 Å². The van der Waals surface area contributed by atoms with Crippen LogP contribution in [0.4, 0.5) is 13.9 Å². The summed E-state index contributed by atoms with van der Waals surface area (Å²) in [4.78, 5) is 34.3. The van der Waals surface area contributed by atoms with E-state index in [2.05, 4.69) is 15.3 Å². The third-order valence-corrected chi connectivity index (χ3v) is 6.94. The van der Waals surface area contributed by atoms with Gasteiger partial charge in [0.1, 0.15) is 0 Å². The van der Waals surface area contributed by atoms with Crippen molar-refractivity contribution >= 4 is 33.4 Å². The number of carbonyl (C=O) groups excluding carboxylic acids is 1. The zero-order valence-corrected chi connectivity index (χ0v) is 18.3. The van der Waals surface area contributed by atoms with Crippen LogP contribution in [-0.2, 0) is 13.6 Å². The monoisotopic (exact) mass is 449 g/mol. The van der Waals surface area contributed by atoms with Crippen molar-refractivity contribution in [3.05, 3.63) is 45.3 Å². The van der Waals surface area contributed by atoms with Crippen molar-refractivity contribution in [3.8, 4) is 0 Å². The molecule has 0 aliphatic heterocycles. The predicted octanol–water partition coefficient (Wildman–Crippen LogP) is 3.51. The van der Waals surface area contributed by atoms with Gasteiger partial charge in [0.2, 0.25) is 5.92 Å². The minimum absolute atomic E-state index is 0.0384. The summed E-state index contributed by atoms with van der Waals surface area (Å²) >= 11 is 1.48. The number of thiazole rings is 1. The van der Waals surface area contributed by atoms with Gasteiger partial charge in [-0.15, -0.1) is 11.3 Å². The molecule has 0 saturated heterocycles. The summed E-state index contributed by atoms with van der Waals surface area (Å²) in [5, 5.41) is 3.68. The molecule has 0 bridgehead atoms. The summed E-state index contributed by atoms with van der Waals surface area (Å²) in [5.74, 6) is -2.50. The molecule has 166 valence electrons. The van der Waals surface area contributed by atoms with Gasteiger partial charge in [0, 0.05) is 50.1 Å². The van der Waals surface area contributed by atoms with Crippen LogP contribution >= 0.6 is 11.3 Å². The number of anilines is 1. The van der Waals surface area contributed by atoms with Gasteiger partial charge in [0.05, 0.1) is 17.6 Å². The average Bonchev–Trinajstić information content (AvgIpc) is 3.32. The summed E-state index contributed by atoms with van der Waals surface area (Å²) in [5.41, 5.74) is 1.59. The van der Waals surface area contributed by atoms with Crippen molar-refractivity contribution in [1.82, 2.24) is 19.9 Å². The number of aromatic amines is 1. The Morgan fingerprint density at radius 1 is 1.39 bits per heavy atom. The normalized spacial score (nSPS) is 16.5. The average molecular weight is 450 g/mol. The summed E-state index contributed by atoms with van der Waals surface area (Å²) in [6, 6.07) is 5.08. The second-order valence-electron chi connectivity index (χ2n) is 8.19. The van der Waals surface area contributed by atoms with Gasteiger partial charge in [-0.2, -0.15) is 0 Å². The lowest BCUT2D eigenvalue weighted by Crippen LogP contribution is -2.32. The van der Waals surface area contributed by atoms with Crippen LogP contribution < -0.4 is 15.9 Å². The van der Waals surface area contributed by atoms with Crippen molar-refractivity contribution < 1.29 is 13.6 Å². The SMILES string of the molecule is CN(CC1CCC(F)(F)CC1)c1ncc(CNC(=O)c2ccc3c(c2)[nH]c(=O)n3C)s1. The summed E-state index contributed by atoms with van der Waals surface area (Å²) in [6.45, 7) is 1.04. The molecular weight excluding hydrogens is 424 g/mol. The third-order valence-electron chi connectivity index (χ3n) is 5.83. The Labute approximate surface area is 182 Å². The van der Waals surface area contributed by atoms with Crippen LogP contribution in [0.2, 0.25) is 0 Å². The van der Waals surface area contributed by atoms with Crippen molar-refractivity contribution in [2.45, 2.75) is 38.2 Å². The molecular formula is C21H25F2N5O2S. The van der Waals surface area contributed by atoms with E-state index in [1.54, 1.807) is 31.4 Å². The minimum Gasteiger partial charge on any atom is -0.351 e. The van der Waals surface area contributed by atoms with Crippen molar-refractivity contribution in [2.24, 2.45) is 13.0 Å². The second kappa shape index (κ2) is 8.41. The molecule has 1 saturated carbocycles. The first-order valence-electron chi connectivity index (χ1n) is 10.2. The number of hydrogen-bond acceptors (Lipinski definition) is 5. The standard InChI is InChI=1S/C21H25F2N5O2S/c1-27(12-13-5-7-21(22,23)8-6-13)20-25-11-15(31-20)10-24-18(29)14-3-4-17-16(9-14)26-19(30)28(17)2/h3-4,9,11,13H,5-8,10,12H2,1-2H3,(H,24,29)(H,26,30). The predicted molar refractivity (Wildman–Crippen MR) is 117 cm³/mol. The first-order chi connectivity index (χ1) is 14.7. The molecule has 2 N–H and O–H groups in total. The molecule has 2 aromatic heterocycles. The maximum atomic E-state index is 13.3. The van der Waals surface area contributed by atoms with Crippen molar-refractivity contribution in [1.29, 1.82) is 0 Å². The fourth-order valence-corrected chi connectivity index (χ4v) is 4.77. The Bertz CT molecular complexity index is 1140. The number of H-pyrrole nitrogens is 1. The van der Waals surface area contributed by atoms with Crippen LogP contribution in [0.15, 0.2) is 29.2 Å². The number of benzene rings is 1. The second-order valence-corrected chi connectivity index (χ2v) is 9.29. The van der Waals surface area contributed by atoms with Gasteiger partial charge in [-0.1, -0.05) is 0 Å². The summed E-state index contributed by atoms with van der Waals surface area (Å²) < 4.78 is 28.2. The molecule has 7 nitrogen and oxygen atoms in total. The van der Waals surface area contributed by atoms with E-state index in [0.29, 0.717) is 37.0 Å². The molecule has 10 heteroatoms. The number of halogens is 2. The largest absolute Gasteiger partial charge is 0.351 e. The molecule has 2 heterocycles. The van der Waals surface area contributed by atoms with E-state index in [-0.39, 0.29) is 30.4 Å². The number of aryl methyl sites for hydroxylation is 1. The molecule has 4 rings (SSSR count). The van der Waals surface area contributed by atoms with Gasteiger partial charge in [-0.05, 0) is 37.0 Å². The molecule has 0 atom stereocenters.